The molecular formula is C55H103NO5. The number of carbonyl (C=O) groups is 2. The van der Waals surface area contributed by atoms with Crippen LogP contribution in [0.3, 0.4) is 0 Å². The van der Waals surface area contributed by atoms with E-state index < -0.39 is 18.2 Å². The first-order chi connectivity index (χ1) is 30.0. The molecule has 0 aromatic heterocycles. The van der Waals surface area contributed by atoms with Crippen molar-refractivity contribution >= 4 is 11.9 Å². The summed E-state index contributed by atoms with van der Waals surface area (Å²) in [5, 5.41) is 23.8. The molecule has 3 atom stereocenters. The number of carbonyl (C=O) groups excluding carboxylic acids is 2. The molecule has 0 spiro atoms. The van der Waals surface area contributed by atoms with Gasteiger partial charge in [-0.05, 0) is 83.5 Å². The minimum absolute atomic E-state index is 0.0645. The monoisotopic (exact) mass is 858 g/mol. The van der Waals surface area contributed by atoms with Crippen LogP contribution in [0.15, 0.2) is 36.5 Å². The Labute approximate surface area is 379 Å². The van der Waals surface area contributed by atoms with E-state index in [1.807, 2.05) is 0 Å². The van der Waals surface area contributed by atoms with Crippen molar-refractivity contribution < 1.29 is 24.5 Å². The highest BCUT2D eigenvalue weighted by molar-refractivity contribution is 5.77. The van der Waals surface area contributed by atoms with Gasteiger partial charge in [0.15, 0.2) is 0 Å². The Morgan fingerprint density at radius 3 is 1.30 bits per heavy atom. The van der Waals surface area contributed by atoms with Crippen molar-refractivity contribution in [2.75, 3.05) is 6.61 Å². The lowest BCUT2D eigenvalue weighted by Gasteiger charge is -2.24. The molecule has 61 heavy (non-hydrogen) atoms. The smallest absolute Gasteiger partial charge is 0.306 e. The molecule has 0 heterocycles. The predicted molar refractivity (Wildman–Crippen MR) is 264 cm³/mol. The van der Waals surface area contributed by atoms with Crippen molar-refractivity contribution in [1.82, 2.24) is 5.32 Å². The molecule has 0 radical (unpaired) electrons. The second-order valence-electron chi connectivity index (χ2n) is 18.3. The molecule has 1 amide bonds. The van der Waals surface area contributed by atoms with Gasteiger partial charge >= 0.3 is 5.97 Å². The first kappa shape index (κ1) is 59.1. The Morgan fingerprint density at radius 2 is 0.836 bits per heavy atom. The van der Waals surface area contributed by atoms with Crippen molar-refractivity contribution in [2.24, 2.45) is 0 Å². The van der Waals surface area contributed by atoms with Gasteiger partial charge in [0.2, 0.25) is 5.91 Å². The summed E-state index contributed by atoms with van der Waals surface area (Å²) in [6.45, 7) is 6.46. The number of aliphatic hydroxyl groups excluding tert-OH is 2. The molecule has 6 heteroatoms. The van der Waals surface area contributed by atoms with Crippen molar-refractivity contribution in [1.29, 1.82) is 0 Å². The van der Waals surface area contributed by atoms with E-state index in [1.165, 1.54) is 154 Å². The maximum Gasteiger partial charge on any atom is 0.306 e. The first-order valence-electron chi connectivity index (χ1n) is 26.7. The zero-order valence-corrected chi connectivity index (χ0v) is 40.8. The second kappa shape index (κ2) is 49.1. The van der Waals surface area contributed by atoms with Crippen molar-refractivity contribution in [3.05, 3.63) is 36.5 Å². The molecule has 0 aromatic rings. The Morgan fingerprint density at radius 1 is 0.475 bits per heavy atom. The van der Waals surface area contributed by atoms with Crippen LogP contribution < -0.4 is 5.32 Å². The van der Waals surface area contributed by atoms with Gasteiger partial charge in [-0.1, -0.05) is 218 Å². The third kappa shape index (κ3) is 44.5. The molecule has 0 rings (SSSR count). The molecule has 0 saturated carbocycles. The average molecular weight is 858 g/mol. The van der Waals surface area contributed by atoms with E-state index in [4.69, 9.17) is 4.74 Å². The van der Waals surface area contributed by atoms with E-state index in [9.17, 15) is 19.8 Å². The SMILES string of the molecule is CCCCC/C=C\C/C=C\CCCCCCCC(CC(=O)NC(CO)C(O)CCCCCCCCCCCCCCCC)OC(=O)CCCCC/C=C\CCCCCCCC. The van der Waals surface area contributed by atoms with Crippen LogP contribution >= 0.6 is 0 Å². The molecule has 358 valence electrons. The summed E-state index contributed by atoms with van der Waals surface area (Å²) in [6, 6.07) is -0.707. The lowest BCUT2D eigenvalue weighted by molar-refractivity contribution is -0.151. The third-order valence-corrected chi connectivity index (χ3v) is 12.2. The van der Waals surface area contributed by atoms with Gasteiger partial charge in [0.1, 0.15) is 6.10 Å². The number of ether oxygens (including phenoxy) is 1. The topological polar surface area (TPSA) is 95.9 Å². The Balaban J connectivity index is 4.60. The molecule has 0 bridgehead atoms. The van der Waals surface area contributed by atoms with Gasteiger partial charge in [0.05, 0.1) is 25.2 Å². The molecule has 0 aromatic carbocycles. The summed E-state index contributed by atoms with van der Waals surface area (Å²) in [5.74, 6) is -0.497. The fourth-order valence-corrected chi connectivity index (χ4v) is 8.10. The highest BCUT2D eigenvalue weighted by Gasteiger charge is 2.24. The van der Waals surface area contributed by atoms with Gasteiger partial charge in [0, 0.05) is 6.42 Å². The molecule has 3 N–H and O–H groups in total. The summed E-state index contributed by atoms with van der Waals surface area (Å²) < 4.78 is 5.93. The number of allylic oxidation sites excluding steroid dienone is 6. The largest absolute Gasteiger partial charge is 0.462 e. The van der Waals surface area contributed by atoms with Crippen molar-refractivity contribution in [3.63, 3.8) is 0 Å². The quantitative estimate of drug-likeness (QED) is 0.0322. The number of aliphatic hydroxyl groups is 2. The van der Waals surface area contributed by atoms with Gasteiger partial charge in [0.25, 0.3) is 0 Å². The van der Waals surface area contributed by atoms with Gasteiger partial charge < -0.3 is 20.3 Å². The molecular weight excluding hydrogens is 755 g/mol. The molecule has 0 saturated heterocycles. The van der Waals surface area contributed by atoms with E-state index in [0.717, 1.165) is 77.0 Å². The molecule has 0 aliphatic carbocycles. The molecule has 0 aliphatic heterocycles. The number of unbranched alkanes of at least 4 members (excludes halogenated alkanes) is 30. The number of amides is 1. The van der Waals surface area contributed by atoms with Crippen molar-refractivity contribution in [3.8, 4) is 0 Å². The van der Waals surface area contributed by atoms with Crippen LogP contribution in [-0.2, 0) is 14.3 Å². The Hall–Kier alpha value is -1.92. The van der Waals surface area contributed by atoms with Crippen molar-refractivity contribution in [2.45, 2.75) is 296 Å². The number of nitrogens with one attached hydrogen (secondary N) is 1. The van der Waals surface area contributed by atoms with Crippen LogP contribution in [0.4, 0.5) is 0 Å². The standard InChI is InChI=1S/C55H103NO5/c1-4-7-10-13-16-19-22-25-27-29-31-34-37-40-43-46-51(61-55(60)48-45-42-39-36-33-28-24-21-18-15-12-9-6-3)49-54(59)56-52(50-57)53(58)47-44-41-38-35-32-30-26-23-20-17-14-11-8-5-2/h16,19,25,27-28,33,51-53,57-58H,4-15,17-18,20-24,26,29-32,34-50H2,1-3H3,(H,56,59)/b19-16-,27-25-,33-28-. The highest BCUT2D eigenvalue weighted by Crippen LogP contribution is 2.18. The number of esters is 1. The third-order valence-electron chi connectivity index (χ3n) is 12.2. The zero-order valence-electron chi connectivity index (χ0n) is 40.8. The average Bonchev–Trinajstić information content (AvgIpc) is 3.25. The predicted octanol–water partition coefficient (Wildman–Crippen LogP) is 16.1. The maximum atomic E-state index is 13.2. The van der Waals surface area contributed by atoms with Gasteiger partial charge in [-0.25, -0.2) is 0 Å². The fraction of sp³-hybridized carbons (Fsp3) is 0.855. The number of hydrogen-bond acceptors (Lipinski definition) is 5. The van der Waals surface area contributed by atoms with E-state index in [1.54, 1.807) is 0 Å². The highest BCUT2D eigenvalue weighted by atomic mass is 16.5. The second-order valence-corrected chi connectivity index (χ2v) is 18.3. The zero-order chi connectivity index (χ0) is 44.5. The summed E-state index contributed by atoms with van der Waals surface area (Å²) in [5.41, 5.74) is 0. The van der Waals surface area contributed by atoms with Crippen LogP contribution in [0.2, 0.25) is 0 Å². The van der Waals surface area contributed by atoms with Crippen LogP contribution in [0.1, 0.15) is 278 Å². The summed E-state index contributed by atoms with van der Waals surface area (Å²) in [4.78, 5) is 26.2. The number of hydrogen-bond donors (Lipinski definition) is 3. The summed E-state index contributed by atoms with van der Waals surface area (Å²) >= 11 is 0. The summed E-state index contributed by atoms with van der Waals surface area (Å²) in [6.07, 6.45) is 57.7. The van der Waals surface area contributed by atoms with Gasteiger partial charge in [-0.2, -0.15) is 0 Å². The number of rotatable bonds is 48. The first-order valence-corrected chi connectivity index (χ1v) is 26.7. The molecule has 3 unspecified atom stereocenters. The summed E-state index contributed by atoms with van der Waals surface area (Å²) in [7, 11) is 0. The Bertz CT molecular complexity index is 1010. The van der Waals surface area contributed by atoms with Gasteiger partial charge in [-0.3, -0.25) is 9.59 Å². The normalized spacial score (nSPS) is 13.5. The van der Waals surface area contributed by atoms with Crippen LogP contribution in [0.5, 0.6) is 0 Å². The maximum absolute atomic E-state index is 13.2. The van der Waals surface area contributed by atoms with E-state index in [-0.39, 0.29) is 24.9 Å². The van der Waals surface area contributed by atoms with Crippen LogP contribution in [0, 0.1) is 0 Å². The minimum Gasteiger partial charge on any atom is -0.462 e. The fourth-order valence-electron chi connectivity index (χ4n) is 8.10. The van der Waals surface area contributed by atoms with Gasteiger partial charge in [-0.15, -0.1) is 0 Å². The Kier molecular flexibility index (Phi) is 47.6. The molecule has 6 nitrogen and oxygen atoms in total. The molecule has 0 aliphatic rings. The molecule has 0 fully saturated rings. The lowest BCUT2D eigenvalue weighted by atomic mass is 10.0. The van der Waals surface area contributed by atoms with Crippen LogP contribution in [-0.4, -0.2) is 46.9 Å². The minimum atomic E-state index is -0.792. The van der Waals surface area contributed by atoms with E-state index >= 15 is 0 Å². The van der Waals surface area contributed by atoms with E-state index in [0.29, 0.717) is 19.3 Å². The lowest BCUT2D eigenvalue weighted by Crippen LogP contribution is -2.46. The van der Waals surface area contributed by atoms with Crippen LogP contribution in [0.25, 0.3) is 0 Å². The van der Waals surface area contributed by atoms with E-state index in [2.05, 4.69) is 62.5 Å².